The van der Waals surface area contributed by atoms with Gasteiger partial charge in [0.15, 0.2) is 0 Å². The molecular weight excluding hydrogens is 234 g/mol. The second-order valence-electron chi connectivity index (χ2n) is 5.49. The van der Waals surface area contributed by atoms with Crippen LogP contribution in [0.25, 0.3) is 0 Å². The molecule has 0 saturated heterocycles. The van der Waals surface area contributed by atoms with E-state index in [1.807, 2.05) is 25.1 Å². The zero-order valence-electron chi connectivity index (χ0n) is 12.6. The molecule has 2 nitrogen and oxygen atoms in total. The largest absolute Gasteiger partial charge is 0.369 e. The molecule has 1 rings (SSSR count). The van der Waals surface area contributed by atoms with Crippen molar-refractivity contribution in [3.8, 4) is 0 Å². The maximum Gasteiger partial charge on any atom is 0.0976 e. The van der Waals surface area contributed by atoms with Gasteiger partial charge in [-0.2, -0.15) is 0 Å². The number of hydrogen-bond acceptors (Lipinski definition) is 2. The Hall–Kier alpha value is -0.860. The molecule has 3 unspecified atom stereocenters. The quantitative estimate of drug-likeness (QED) is 0.668. The predicted molar refractivity (Wildman–Crippen MR) is 82.1 cm³/mol. The van der Waals surface area contributed by atoms with E-state index in [0.29, 0.717) is 0 Å². The summed E-state index contributed by atoms with van der Waals surface area (Å²) >= 11 is 0. The van der Waals surface area contributed by atoms with Crippen LogP contribution in [0.2, 0.25) is 0 Å². The number of rotatable bonds is 9. The van der Waals surface area contributed by atoms with E-state index in [2.05, 4.69) is 26.0 Å². The first-order valence-corrected chi connectivity index (χ1v) is 7.61. The molecule has 1 aromatic rings. The zero-order chi connectivity index (χ0) is 14.1. The summed E-state index contributed by atoms with van der Waals surface area (Å²) in [6.07, 6.45) is 6.55. The fraction of sp³-hybridized carbons (Fsp3) is 0.647. The van der Waals surface area contributed by atoms with E-state index in [1.165, 1.54) is 31.2 Å². The molecule has 0 aromatic heterocycles. The van der Waals surface area contributed by atoms with Crippen LogP contribution in [0.15, 0.2) is 30.3 Å². The summed E-state index contributed by atoms with van der Waals surface area (Å²) in [4.78, 5) is 0. The van der Waals surface area contributed by atoms with Crippen LogP contribution in [0, 0.1) is 0 Å². The van der Waals surface area contributed by atoms with Gasteiger partial charge in [-0.05, 0) is 25.8 Å². The highest BCUT2D eigenvalue weighted by molar-refractivity contribution is 5.18. The second-order valence-corrected chi connectivity index (χ2v) is 5.49. The lowest BCUT2D eigenvalue weighted by Crippen LogP contribution is -2.29. The van der Waals surface area contributed by atoms with E-state index >= 15 is 0 Å². The van der Waals surface area contributed by atoms with Crippen LogP contribution >= 0.6 is 0 Å². The maximum atomic E-state index is 6.15. The Kier molecular flexibility index (Phi) is 7.76. The summed E-state index contributed by atoms with van der Waals surface area (Å²) < 4.78 is 6.15. The van der Waals surface area contributed by atoms with Crippen LogP contribution in [0.5, 0.6) is 0 Å². The molecule has 0 heterocycles. The Labute approximate surface area is 118 Å². The smallest absolute Gasteiger partial charge is 0.0976 e. The van der Waals surface area contributed by atoms with Crippen molar-refractivity contribution in [3.63, 3.8) is 0 Å². The minimum absolute atomic E-state index is 0.00220. The average molecular weight is 263 g/mol. The third-order valence-electron chi connectivity index (χ3n) is 3.45. The monoisotopic (exact) mass is 263 g/mol. The zero-order valence-corrected chi connectivity index (χ0v) is 12.6. The maximum absolute atomic E-state index is 6.15. The van der Waals surface area contributed by atoms with Crippen LogP contribution < -0.4 is 5.73 Å². The topological polar surface area (TPSA) is 35.2 Å². The minimum atomic E-state index is 0.00220. The van der Waals surface area contributed by atoms with Crippen molar-refractivity contribution >= 4 is 0 Å². The highest BCUT2D eigenvalue weighted by Gasteiger charge is 2.19. The lowest BCUT2D eigenvalue weighted by atomic mass is 10.0. The SMILES string of the molecule is CCCCCCC(C)OC(c1ccccc1)C(C)N. The van der Waals surface area contributed by atoms with Gasteiger partial charge in [0.25, 0.3) is 0 Å². The molecule has 2 N–H and O–H groups in total. The predicted octanol–water partition coefficient (Wildman–Crippen LogP) is 4.45. The van der Waals surface area contributed by atoms with Gasteiger partial charge < -0.3 is 10.5 Å². The van der Waals surface area contributed by atoms with Crippen molar-refractivity contribution in [2.24, 2.45) is 5.73 Å². The Morgan fingerprint density at radius 3 is 2.32 bits per heavy atom. The van der Waals surface area contributed by atoms with Crippen molar-refractivity contribution in [1.29, 1.82) is 0 Å². The highest BCUT2D eigenvalue weighted by atomic mass is 16.5. The van der Waals surface area contributed by atoms with Crippen molar-refractivity contribution in [3.05, 3.63) is 35.9 Å². The lowest BCUT2D eigenvalue weighted by molar-refractivity contribution is -0.0194. The van der Waals surface area contributed by atoms with Gasteiger partial charge >= 0.3 is 0 Å². The van der Waals surface area contributed by atoms with Gasteiger partial charge in [0.2, 0.25) is 0 Å². The van der Waals surface area contributed by atoms with E-state index < -0.39 is 0 Å². The van der Waals surface area contributed by atoms with Crippen molar-refractivity contribution in [2.45, 2.75) is 71.1 Å². The first-order chi connectivity index (χ1) is 9.15. The Balaban J connectivity index is 2.45. The van der Waals surface area contributed by atoms with Crippen LogP contribution in [0.3, 0.4) is 0 Å². The molecule has 0 bridgehead atoms. The van der Waals surface area contributed by atoms with Crippen LogP contribution in [0.1, 0.15) is 64.5 Å². The normalized spacial score (nSPS) is 16.0. The third-order valence-corrected chi connectivity index (χ3v) is 3.45. The third kappa shape index (κ3) is 6.22. The molecule has 0 aliphatic carbocycles. The molecule has 0 fully saturated rings. The molecule has 3 atom stereocenters. The molecule has 2 heteroatoms. The average Bonchev–Trinajstić information content (AvgIpc) is 2.41. The van der Waals surface area contributed by atoms with Crippen LogP contribution in [0.4, 0.5) is 0 Å². The molecule has 0 amide bonds. The van der Waals surface area contributed by atoms with E-state index in [4.69, 9.17) is 10.5 Å². The van der Waals surface area contributed by atoms with Crippen LogP contribution in [-0.4, -0.2) is 12.1 Å². The van der Waals surface area contributed by atoms with Gasteiger partial charge in [-0.25, -0.2) is 0 Å². The Morgan fingerprint density at radius 1 is 1.05 bits per heavy atom. The van der Waals surface area contributed by atoms with Gasteiger partial charge in [-0.15, -0.1) is 0 Å². The molecule has 0 aliphatic heterocycles. The van der Waals surface area contributed by atoms with Gasteiger partial charge in [-0.1, -0.05) is 62.9 Å². The van der Waals surface area contributed by atoms with Crippen molar-refractivity contribution in [1.82, 2.24) is 0 Å². The Morgan fingerprint density at radius 2 is 1.74 bits per heavy atom. The minimum Gasteiger partial charge on any atom is -0.369 e. The van der Waals surface area contributed by atoms with Crippen molar-refractivity contribution in [2.75, 3.05) is 0 Å². The molecule has 108 valence electrons. The summed E-state index contributed by atoms with van der Waals surface area (Å²) in [5, 5.41) is 0. The number of ether oxygens (including phenoxy) is 1. The molecular formula is C17H29NO. The number of unbranched alkanes of at least 4 members (excludes halogenated alkanes) is 3. The van der Waals surface area contributed by atoms with Gasteiger partial charge in [0.05, 0.1) is 12.2 Å². The van der Waals surface area contributed by atoms with Gasteiger partial charge in [0.1, 0.15) is 0 Å². The Bertz CT molecular complexity index is 323. The summed E-state index contributed by atoms with van der Waals surface area (Å²) in [7, 11) is 0. The summed E-state index contributed by atoms with van der Waals surface area (Å²) in [5.41, 5.74) is 7.25. The first kappa shape index (κ1) is 16.2. The second kappa shape index (κ2) is 9.11. The molecule has 0 radical (unpaired) electrons. The van der Waals surface area contributed by atoms with Crippen LogP contribution in [-0.2, 0) is 4.74 Å². The van der Waals surface area contributed by atoms with Gasteiger partial charge in [-0.3, -0.25) is 0 Å². The van der Waals surface area contributed by atoms with Crippen molar-refractivity contribution < 1.29 is 4.74 Å². The van der Waals surface area contributed by atoms with E-state index in [-0.39, 0.29) is 18.2 Å². The molecule has 0 aliphatic rings. The van der Waals surface area contributed by atoms with Gasteiger partial charge in [0, 0.05) is 6.04 Å². The summed E-state index contributed by atoms with van der Waals surface area (Å²) in [5.74, 6) is 0. The molecule has 0 spiro atoms. The summed E-state index contributed by atoms with van der Waals surface area (Å²) in [6.45, 7) is 6.41. The first-order valence-electron chi connectivity index (χ1n) is 7.61. The van der Waals surface area contributed by atoms with E-state index in [0.717, 1.165) is 6.42 Å². The highest BCUT2D eigenvalue weighted by Crippen LogP contribution is 2.23. The lowest BCUT2D eigenvalue weighted by Gasteiger charge is -2.26. The van der Waals surface area contributed by atoms with E-state index in [9.17, 15) is 0 Å². The molecule has 1 aromatic carbocycles. The van der Waals surface area contributed by atoms with E-state index in [1.54, 1.807) is 0 Å². The number of nitrogens with two attached hydrogens (primary N) is 1. The standard InChI is InChI=1S/C17H29NO/c1-4-5-6-8-11-14(2)19-17(15(3)18)16-12-9-7-10-13-16/h7,9-10,12-15,17H,4-6,8,11,18H2,1-3H3. The number of hydrogen-bond donors (Lipinski definition) is 1. The molecule has 0 saturated carbocycles. The fourth-order valence-corrected chi connectivity index (χ4v) is 2.33. The summed E-state index contributed by atoms with van der Waals surface area (Å²) in [6, 6.07) is 10.3. The number of benzene rings is 1. The fourth-order valence-electron chi connectivity index (χ4n) is 2.33. The molecule has 19 heavy (non-hydrogen) atoms.